The number of aryl methyl sites for hydroxylation is 1. The molecule has 0 aliphatic rings. The Morgan fingerprint density at radius 2 is 2.19 bits per heavy atom. The van der Waals surface area contributed by atoms with E-state index in [2.05, 4.69) is 35.1 Å². The summed E-state index contributed by atoms with van der Waals surface area (Å²) in [4.78, 5) is 18.6. The molecule has 0 spiro atoms. The van der Waals surface area contributed by atoms with Gasteiger partial charge in [-0.15, -0.1) is 11.3 Å². The van der Waals surface area contributed by atoms with Crippen LogP contribution < -0.4 is 5.32 Å². The van der Waals surface area contributed by atoms with Gasteiger partial charge in [-0.25, -0.2) is 0 Å². The number of carbonyl (C=O) groups is 1. The van der Waals surface area contributed by atoms with Gasteiger partial charge in [-0.3, -0.25) is 9.78 Å². The van der Waals surface area contributed by atoms with Crippen LogP contribution in [0.3, 0.4) is 0 Å². The molecule has 4 nitrogen and oxygen atoms in total. The molecule has 2 heterocycles. The first-order chi connectivity index (χ1) is 10.2. The molecule has 0 bridgehead atoms. The number of hydrogen-bond donors (Lipinski definition) is 2. The minimum Gasteiger partial charge on any atom is -0.384 e. The molecule has 0 aliphatic carbocycles. The Morgan fingerprint density at radius 3 is 2.90 bits per heavy atom. The Morgan fingerprint density at radius 1 is 1.38 bits per heavy atom. The van der Waals surface area contributed by atoms with Crippen LogP contribution in [0.15, 0.2) is 30.6 Å². The summed E-state index contributed by atoms with van der Waals surface area (Å²) in [5, 5.41) is 11.6. The Labute approximate surface area is 127 Å². The number of aliphatic hydroxyl groups is 1. The summed E-state index contributed by atoms with van der Waals surface area (Å²) in [6, 6.07) is 5.74. The number of thiophene rings is 1. The van der Waals surface area contributed by atoms with E-state index in [-0.39, 0.29) is 12.5 Å². The van der Waals surface area contributed by atoms with E-state index in [1.165, 1.54) is 11.1 Å². The van der Waals surface area contributed by atoms with Crippen molar-refractivity contribution < 1.29 is 9.90 Å². The lowest BCUT2D eigenvalue weighted by Gasteiger charge is -2.05. The third kappa shape index (κ3) is 4.15. The SMILES string of the molecule is CCc1ccc(CNC(=O)c2ccncc2C#CCO)s1. The minimum atomic E-state index is -0.245. The fraction of sp³-hybridized carbons (Fsp3) is 0.250. The number of nitrogens with one attached hydrogen (secondary N) is 1. The largest absolute Gasteiger partial charge is 0.384 e. The van der Waals surface area contributed by atoms with Crippen LogP contribution in [0.5, 0.6) is 0 Å². The van der Waals surface area contributed by atoms with Crippen LogP contribution in [0.1, 0.15) is 32.6 Å². The van der Waals surface area contributed by atoms with Crippen molar-refractivity contribution in [3.8, 4) is 11.8 Å². The standard InChI is InChI=1S/C16H16N2O2S/c1-2-13-5-6-14(21-13)11-18-16(20)15-7-8-17-10-12(15)4-3-9-19/h5-8,10,19H,2,9,11H2,1H3,(H,18,20). The molecule has 0 radical (unpaired) electrons. The first-order valence-corrected chi connectivity index (χ1v) is 7.45. The van der Waals surface area contributed by atoms with Crippen molar-refractivity contribution in [3.63, 3.8) is 0 Å². The summed E-state index contributed by atoms with van der Waals surface area (Å²) in [5.74, 6) is 5.08. The molecule has 2 rings (SSSR count). The Balaban J connectivity index is 2.06. The number of carbonyl (C=O) groups excluding carboxylic acids is 1. The van der Waals surface area contributed by atoms with Crippen molar-refractivity contribution in [3.05, 3.63) is 51.5 Å². The smallest absolute Gasteiger partial charge is 0.252 e. The molecule has 0 aliphatic heterocycles. The van der Waals surface area contributed by atoms with Crippen LogP contribution in [0.4, 0.5) is 0 Å². The molecule has 0 aromatic carbocycles. The number of rotatable bonds is 4. The Kier molecular flexibility index (Phi) is 5.50. The highest BCUT2D eigenvalue weighted by Gasteiger charge is 2.10. The zero-order valence-electron chi connectivity index (χ0n) is 11.7. The second-order valence-electron chi connectivity index (χ2n) is 4.29. The molecule has 0 unspecified atom stereocenters. The first kappa shape index (κ1) is 15.2. The highest BCUT2D eigenvalue weighted by Crippen LogP contribution is 2.16. The van der Waals surface area contributed by atoms with Gasteiger partial charge in [0, 0.05) is 22.1 Å². The molecule has 1 amide bonds. The normalized spacial score (nSPS) is 9.81. The lowest BCUT2D eigenvalue weighted by molar-refractivity contribution is 0.0951. The molecule has 2 aromatic rings. The lowest BCUT2D eigenvalue weighted by Crippen LogP contribution is -2.23. The number of aromatic nitrogens is 1. The zero-order chi connectivity index (χ0) is 15.1. The Bertz CT molecular complexity index is 683. The van der Waals surface area contributed by atoms with Crippen molar-refractivity contribution in [1.29, 1.82) is 0 Å². The average Bonchev–Trinajstić information content (AvgIpc) is 2.99. The van der Waals surface area contributed by atoms with Gasteiger partial charge in [0.2, 0.25) is 0 Å². The van der Waals surface area contributed by atoms with Crippen molar-refractivity contribution >= 4 is 17.2 Å². The van der Waals surface area contributed by atoms with Crippen molar-refractivity contribution in [2.45, 2.75) is 19.9 Å². The molecule has 0 saturated carbocycles. The lowest BCUT2D eigenvalue weighted by atomic mass is 10.1. The van der Waals surface area contributed by atoms with Crippen molar-refractivity contribution in [2.24, 2.45) is 0 Å². The molecular formula is C16H16N2O2S. The highest BCUT2D eigenvalue weighted by atomic mass is 32.1. The van der Waals surface area contributed by atoms with Crippen LogP contribution in [0.2, 0.25) is 0 Å². The fourth-order valence-electron chi connectivity index (χ4n) is 1.80. The molecular weight excluding hydrogens is 284 g/mol. The number of pyridine rings is 1. The van der Waals surface area contributed by atoms with Gasteiger partial charge in [-0.1, -0.05) is 18.8 Å². The zero-order valence-corrected chi connectivity index (χ0v) is 12.5. The van der Waals surface area contributed by atoms with Crippen LogP contribution in [-0.2, 0) is 13.0 Å². The van der Waals surface area contributed by atoms with E-state index in [9.17, 15) is 4.79 Å². The Hall–Kier alpha value is -2.16. The molecule has 108 valence electrons. The first-order valence-electron chi connectivity index (χ1n) is 6.64. The monoisotopic (exact) mass is 300 g/mol. The summed E-state index contributed by atoms with van der Waals surface area (Å²) >= 11 is 1.70. The van der Waals surface area contributed by atoms with Gasteiger partial charge in [-0.05, 0) is 24.6 Å². The van der Waals surface area contributed by atoms with Gasteiger partial charge >= 0.3 is 0 Å². The summed E-state index contributed by atoms with van der Waals surface area (Å²) < 4.78 is 0. The van der Waals surface area contributed by atoms with Gasteiger partial charge in [0.15, 0.2) is 0 Å². The predicted molar refractivity (Wildman–Crippen MR) is 83.1 cm³/mol. The molecule has 0 saturated heterocycles. The van der Waals surface area contributed by atoms with Gasteiger partial charge in [-0.2, -0.15) is 0 Å². The summed E-state index contributed by atoms with van der Waals surface area (Å²) in [5.41, 5.74) is 0.989. The number of hydrogen-bond acceptors (Lipinski definition) is 4. The van der Waals surface area contributed by atoms with Crippen LogP contribution in [-0.4, -0.2) is 22.6 Å². The maximum Gasteiger partial charge on any atom is 0.252 e. The average molecular weight is 300 g/mol. The maximum absolute atomic E-state index is 12.2. The van der Waals surface area contributed by atoms with E-state index in [1.54, 1.807) is 23.6 Å². The highest BCUT2D eigenvalue weighted by molar-refractivity contribution is 7.11. The fourth-order valence-corrected chi connectivity index (χ4v) is 2.69. The van der Waals surface area contributed by atoms with Crippen LogP contribution in [0, 0.1) is 11.8 Å². The molecule has 21 heavy (non-hydrogen) atoms. The van der Waals surface area contributed by atoms with E-state index < -0.39 is 0 Å². The predicted octanol–water partition coefficient (Wildman–Crippen LogP) is 1.98. The topological polar surface area (TPSA) is 62.2 Å². The number of amides is 1. The molecule has 2 N–H and O–H groups in total. The van der Waals surface area contributed by atoms with Crippen molar-refractivity contribution in [1.82, 2.24) is 10.3 Å². The van der Waals surface area contributed by atoms with E-state index >= 15 is 0 Å². The van der Waals surface area contributed by atoms with E-state index in [1.807, 2.05) is 6.07 Å². The van der Waals surface area contributed by atoms with Crippen LogP contribution in [0.25, 0.3) is 0 Å². The second kappa shape index (κ2) is 7.58. The minimum absolute atomic E-state index is 0.189. The number of nitrogens with zero attached hydrogens (tertiary/aromatic N) is 1. The number of aliphatic hydroxyl groups excluding tert-OH is 1. The summed E-state index contributed by atoms with van der Waals surface area (Å²) in [7, 11) is 0. The quantitative estimate of drug-likeness (QED) is 0.849. The molecule has 5 heteroatoms. The summed E-state index contributed by atoms with van der Waals surface area (Å²) in [6.07, 6.45) is 4.08. The van der Waals surface area contributed by atoms with Crippen molar-refractivity contribution in [2.75, 3.05) is 6.61 Å². The molecule has 2 aromatic heterocycles. The second-order valence-corrected chi connectivity index (χ2v) is 5.54. The summed E-state index contributed by atoms with van der Waals surface area (Å²) in [6.45, 7) is 2.36. The van der Waals surface area contributed by atoms with Gasteiger partial charge in [0.25, 0.3) is 5.91 Å². The third-order valence-electron chi connectivity index (χ3n) is 2.86. The van der Waals surface area contributed by atoms with Gasteiger partial charge in [0.05, 0.1) is 17.7 Å². The van der Waals surface area contributed by atoms with E-state index in [0.717, 1.165) is 11.3 Å². The van der Waals surface area contributed by atoms with Gasteiger partial charge in [0.1, 0.15) is 6.61 Å². The van der Waals surface area contributed by atoms with Gasteiger partial charge < -0.3 is 10.4 Å². The van der Waals surface area contributed by atoms with Crippen LogP contribution >= 0.6 is 11.3 Å². The third-order valence-corrected chi connectivity index (χ3v) is 4.09. The van der Waals surface area contributed by atoms with E-state index in [0.29, 0.717) is 17.7 Å². The molecule has 0 atom stereocenters. The maximum atomic E-state index is 12.2. The van der Waals surface area contributed by atoms with E-state index in [4.69, 9.17) is 5.11 Å². The molecule has 0 fully saturated rings.